The van der Waals surface area contributed by atoms with Gasteiger partial charge in [-0.2, -0.15) is 0 Å². The Balaban J connectivity index is 1.50. The minimum absolute atomic E-state index is 0.318. The number of esters is 1. The van der Waals surface area contributed by atoms with E-state index >= 15 is 0 Å². The molecule has 0 aromatic heterocycles. The molecule has 31 heavy (non-hydrogen) atoms. The average Bonchev–Trinajstić information content (AvgIpc) is 2.82. The van der Waals surface area contributed by atoms with E-state index in [9.17, 15) is 9.59 Å². The van der Waals surface area contributed by atoms with Gasteiger partial charge in [0.05, 0.1) is 25.5 Å². The van der Waals surface area contributed by atoms with Gasteiger partial charge in [0, 0.05) is 6.07 Å². The van der Waals surface area contributed by atoms with Gasteiger partial charge in [0.15, 0.2) is 6.61 Å². The topological polar surface area (TPSA) is 83.1 Å². The Labute approximate surface area is 180 Å². The van der Waals surface area contributed by atoms with E-state index in [0.29, 0.717) is 35.1 Å². The van der Waals surface area contributed by atoms with Crippen LogP contribution < -0.4 is 19.5 Å². The first-order valence-electron chi connectivity index (χ1n) is 9.55. The summed E-state index contributed by atoms with van der Waals surface area (Å²) >= 11 is 0. The number of benzene rings is 3. The first-order valence-corrected chi connectivity index (χ1v) is 9.55. The van der Waals surface area contributed by atoms with Gasteiger partial charge in [-0.1, -0.05) is 30.3 Å². The Bertz CT molecular complexity index is 1020. The Morgan fingerprint density at radius 2 is 1.55 bits per heavy atom. The van der Waals surface area contributed by atoms with Crippen LogP contribution in [0.4, 0.5) is 5.69 Å². The highest BCUT2D eigenvalue weighted by molar-refractivity contribution is 5.96. The second-order valence-corrected chi connectivity index (χ2v) is 6.49. The van der Waals surface area contributed by atoms with Crippen LogP contribution in [-0.2, 0) is 16.1 Å². The first-order chi connectivity index (χ1) is 15.1. The van der Waals surface area contributed by atoms with Crippen molar-refractivity contribution in [1.29, 1.82) is 0 Å². The molecule has 0 aliphatic rings. The Morgan fingerprint density at radius 3 is 2.23 bits per heavy atom. The van der Waals surface area contributed by atoms with E-state index in [-0.39, 0.29) is 0 Å². The van der Waals surface area contributed by atoms with E-state index in [1.165, 1.54) is 14.2 Å². The molecule has 0 saturated carbocycles. The third-order valence-corrected chi connectivity index (χ3v) is 4.35. The van der Waals surface area contributed by atoms with Crippen LogP contribution >= 0.6 is 0 Å². The van der Waals surface area contributed by atoms with E-state index < -0.39 is 18.5 Å². The molecule has 0 aliphatic carbocycles. The highest BCUT2D eigenvalue weighted by Gasteiger charge is 2.13. The maximum absolute atomic E-state index is 12.2. The van der Waals surface area contributed by atoms with E-state index in [0.717, 1.165) is 5.56 Å². The quantitative estimate of drug-likeness (QED) is 0.524. The zero-order valence-corrected chi connectivity index (χ0v) is 17.3. The van der Waals surface area contributed by atoms with Gasteiger partial charge in [0.2, 0.25) is 0 Å². The molecule has 0 heterocycles. The van der Waals surface area contributed by atoms with E-state index in [1.54, 1.807) is 42.5 Å². The van der Waals surface area contributed by atoms with Crippen LogP contribution in [0.1, 0.15) is 15.9 Å². The van der Waals surface area contributed by atoms with Crippen molar-refractivity contribution in [2.45, 2.75) is 6.61 Å². The van der Waals surface area contributed by atoms with Crippen LogP contribution in [0, 0.1) is 0 Å². The van der Waals surface area contributed by atoms with Gasteiger partial charge >= 0.3 is 5.97 Å². The molecule has 160 valence electrons. The molecule has 0 bridgehead atoms. The van der Waals surface area contributed by atoms with Gasteiger partial charge in [0.25, 0.3) is 5.91 Å². The zero-order valence-electron chi connectivity index (χ0n) is 17.3. The molecular weight excluding hydrogens is 398 g/mol. The van der Waals surface area contributed by atoms with Crippen LogP contribution in [0.25, 0.3) is 0 Å². The normalized spacial score (nSPS) is 10.1. The van der Waals surface area contributed by atoms with Gasteiger partial charge < -0.3 is 24.3 Å². The number of ether oxygens (including phenoxy) is 4. The number of hydrogen-bond acceptors (Lipinski definition) is 6. The highest BCUT2D eigenvalue weighted by Crippen LogP contribution is 2.28. The molecule has 3 rings (SSSR count). The van der Waals surface area contributed by atoms with E-state index in [4.69, 9.17) is 18.9 Å². The maximum atomic E-state index is 12.2. The van der Waals surface area contributed by atoms with Crippen molar-refractivity contribution in [3.63, 3.8) is 0 Å². The summed E-state index contributed by atoms with van der Waals surface area (Å²) in [5.74, 6) is 0.544. The number of methoxy groups -OCH3 is 2. The van der Waals surface area contributed by atoms with Crippen molar-refractivity contribution in [3.8, 4) is 17.2 Å². The molecule has 0 spiro atoms. The Kier molecular flexibility index (Phi) is 7.48. The number of carbonyl (C=O) groups excluding carboxylic acids is 2. The lowest BCUT2D eigenvalue weighted by Gasteiger charge is -2.12. The second-order valence-electron chi connectivity index (χ2n) is 6.49. The van der Waals surface area contributed by atoms with Gasteiger partial charge in [-0.05, 0) is 42.0 Å². The average molecular weight is 421 g/mol. The Morgan fingerprint density at radius 1 is 0.839 bits per heavy atom. The third-order valence-electron chi connectivity index (χ3n) is 4.35. The van der Waals surface area contributed by atoms with Gasteiger partial charge in [-0.25, -0.2) is 4.79 Å². The van der Waals surface area contributed by atoms with Crippen molar-refractivity contribution in [2.75, 3.05) is 26.1 Å². The molecular formula is C24H23NO6. The summed E-state index contributed by atoms with van der Waals surface area (Å²) in [6, 6.07) is 21.3. The highest BCUT2D eigenvalue weighted by atomic mass is 16.5. The molecule has 1 amide bonds. The largest absolute Gasteiger partial charge is 0.497 e. The molecule has 0 fully saturated rings. The van der Waals surface area contributed by atoms with Gasteiger partial charge in [-0.3, -0.25) is 4.79 Å². The SMILES string of the molecule is COc1ccc(OC)c(NC(=O)COC(=O)c2ccc(OCc3ccccc3)cc2)c1. The molecule has 3 aromatic rings. The van der Waals surface area contributed by atoms with Crippen LogP contribution in [0.3, 0.4) is 0 Å². The number of amides is 1. The predicted molar refractivity (Wildman–Crippen MR) is 116 cm³/mol. The van der Waals surface area contributed by atoms with Crippen molar-refractivity contribution < 1.29 is 28.5 Å². The van der Waals surface area contributed by atoms with E-state index in [2.05, 4.69) is 5.32 Å². The summed E-state index contributed by atoms with van der Waals surface area (Å²) in [6.07, 6.45) is 0. The molecule has 0 atom stereocenters. The molecule has 7 nitrogen and oxygen atoms in total. The van der Waals surface area contributed by atoms with Crippen molar-refractivity contribution in [3.05, 3.63) is 83.9 Å². The molecule has 0 radical (unpaired) electrons. The lowest BCUT2D eigenvalue weighted by molar-refractivity contribution is -0.119. The van der Waals surface area contributed by atoms with Crippen molar-refractivity contribution in [1.82, 2.24) is 0 Å². The fourth-order valence-electron chi connectivity index (χ4n) is 2.74. The van der Waals surface area contributed by atoms with Crippen LogP contribution in [0.15, 0.2) is 72.8 Å². The fraction of sp³-hybridized carbons (Fsp3) is 0.167. The summed E-state index contributed by atoms with van der Waals surface area (Å²) in [4.78, 5) is 24.4. The van der Waals surface area contributed by atoms with Crippen molar-refractivity contribution >= 4 is 17.6 Å². The fourth-order valence-corrected chi connectivity index (χ4v) is 2.74. The molecule has 3 aromatic carbocycles. The van der Waals surface area contributed by atoms with Gasteiger partial charge in [-0.15, -0.1) is 0 Å². The summed E-state index contributed by atoms with van der Waals surface area (Å²) in [6.45, 7) is -0.00993. The van der Waals surface area contributed by atoms with Crippen molar-refractivity contribution in [2.24, 2.45) is 0 Å². The summed E-state index contributed by atoms with van der Waals surface area (Å²) < 4.78 is 21.1. The number of hydrogen-bond donors (Lipinski definition) is 1. The molecule has 1 N–H and O–H groups in total. The monoisotopic (exact) mass is 421 g/mol. The standard InChI is InChI=1S/C24H23NO6/c1-28-20-12-13-22(29-2)21(14-20)25-23(26)16-31-24(27)18-8-10-19(11-9-18)30-15-17-6-4-3-5-7-17/h3-14H,15-16H2,1-2H3,(H,25,26). The lowest BCUT2D eigenvalue weighted by Crippen LogP contribution is -2.21. The lowest BCUT2D eigenvalue weighted by atomic mass is 10.2. The molecule has 7 heteroatoms. The second kappa shape index (κ2) is 10.7. The molecule has 0 aliphatic heterocycles. The van der Waals surface area contributed by atoms with Crippen LogP contribution in [-0.4, -0.2) is 32.7 Å². The number of rotatable bonds is 9. The third kappa shape index (κ3) is 6.24. The zero-order chi connectivity index (χ0) is 22.1. The molecule has 0 saturated heterocycles. The van der Waals surface area contributed by atoms with Gasteiger partial charge in [0.1, 0.15) is 23.9 Å². The number of anilines is 1. The summed E-state index contributed by atoms with van der Waals surface area (Å²) in [5.41, 5.74) is 1.78. The predicted octanol–water partition coefficient (Wildman–Crippen LogP) is 4.08. The number of carbonyl (C=O) groups is 2. The van der Waals surface area contributed by atoms with Crippen LogP contribution in [0.2, 0.25) is 0 Å². The molecule has 0 unspecified atom stereocenters. The summed E-state index contributed by atoms with van der Waals surface area (Å²) in [7, 11) is 3.01. The minimum atomic E-state index is -0.609. The maximum Gasteiger partial charge on any atom is 0.338 e. The Hall–Kier alpha value is -4.00. The smallest absolute Gasteiger partial charge is 0.338 e. The number of nitrogens with one attached hydrogen (secondary N) is 1. The summed E-state index contributed by atoms with van der Waals surface area (Å²) in [5, 5.41) is 2.64. The minimum Gasteiger partial charge on any atom is -0.497 e. The first kappa shape index (κ1) is 21.7. The van der Waals surface area contributed by atoms with Crippen LogP contribution in [0.5, 0.6) is 17.2 Å². The van der Waals surface area contributed by atoms with E-state index in [1.807, 2.05) is 30.3 Å².